The smallest absolute Gasteiger partial charge is 0.128 e. The lowest BCUT2D eigenvalue weighted by Crippen LogP contribution is -2.28. The van der Waals surface area contributed by atoms with E-state index in [0.717, 1.165) is 22.9 Å². The topological polar surface area (TPSA) is 41.5 Å². The number of aromatic hydroxyl groups is 1. The Morgan fingerprint density at radius 1 is 1.16 bits per heavy atom. The van der Waals surface area contributed by atoms with Crippen LogP contribution in [0.15, 0.2) is 36.4 Å². The molecule has 2 unspecified atom stereocenters. The van der Waals surface area contributed by atoms with Crippen molar-refractivity contribution in [1.82, 2.24) is 5.32 Å². The molecule has 0 saturated carbocycles. The number of benzene rings is 2. The normalized spacial score (nSPS) is 14.5. The molecule has 2 aromatic carbocycles. The summed E-state index contributed by atoms with van der Waals surface area (Å²) in [6.45, 7) is 4.82. The third-order valence-electron chi connectivity index (χ3n) is 3.51. The molecule has 0 spiro atoms. The van der Waals surface area contributed by atoms with Gasteiger partial charge in [0.05, 0.1) is 6.10 Å². The second-order valence-corrected chi connectivity index (χ2v) is 4.90. The number of hydrogen-bond acceptors (Lipinski definition) is 3. The zero-order valence-corrected chi connectivity index (χ0v) is 11.7. The van der Waals surface area contributed by atoms with E-state index in [-0.39, 0.29) is 12.1 Å². The highest BCUT2D eigenvalue weighted by molar-refractivity contribution is 5.89. The van der Waals surface area contributed by atoms with Gasteiger partial charge in [-0.3, -0.25) is 0 Å². The zero-order chi connectivity index (χ0) is 13.8. The van der Waals surface area contributed by atoms with E-state index in [4.69, 9.17) is 4.74 Å². The molecule has 102 valence electrons. The van der Waals surface area contributed by atoms with Crippen molar-refractivity contribution < 1.29 is 9.84 Å². The molecule has 3 nitrogen and oxygen atoms in total. The van der Waals surface area contributed by atoms with Gasteiger partial charge >= 0.3 is 0 Å². The van der Waals surface area contributed by atoms with Crippen LogP contribution in [0.4, 0.5) is 0 Å². The molecule has 2 N–H and O–H groups in total. The Labute approximate surface area is 114 Å². The summed E-state index contributed by atoms with van der Waals surface area (Å²) >= 11 is 0. The van der Waals surface area contributed by atoms with Crippen LogP contribution in [-0.2, 0) is 4.74 Å². The third-order valence-corrected chi connectivity index (χ3v) is 3.51. The van der Waals surface area contributed by atoms with Crippen molar-refractivity contribution in [2.45, 2.75) is 26.0 Å². The summed E-state index contributed by atoms with van der Waals surface area (Å²) in [5.41, 5.74) is 0.919. The average Bonchev–Trinajstić information content (AvgIpc) is 2.45. The predicted molar refractivity (Wildman–Crippen MR) is 78.5 cm³/mol. The Balaban J connectivity index is 2.22. The summed E-state index contributed by atoms with van der Waals surface area (Å²) in [6, 6.07) is 12.0. The highest BCUT2D eigenvalue weighted by Gasteiger charge is 2.13. The summed E-state index contributed by atoms with van der Waals surface area (Å²) in [7, 11) is 1.70. The van der Waals surface area contributed by atoms with Gasteiger partial charge < -0.3 is 15.2 Å². The summed E-state index contributed by atoms with van der Waals surface area (Å²) in [5, 5.41) is 15.7. The fraction of sp³-hybridized carbons (Fsp3) is 0.375. The summed E-state index contributed by atoms with van der Waals surface area (Å²) in [4.78, 5) is 0. The highest BCUT2D eigenvalue weighted by Crippen LogP contribution is 2.32. The van der Waals surface area contributed by atoms with Gasteiger partial charge in [0.2, 0.25) is 0 Å². The number of ether oxygens (including phenoxy) is 1. The van der Waals surface area contributed by atoms with Gasteiger partial charge in [-0.2, -0.15) is 0 Å². The van der Waals surface area contributed by atoms with Crippen molar-refractivity contribution in [2.24, 2.45) is 0 Å². The molecule has 0 aliphatic heterocycles. The number of phenols is 1. The molecule has 0 aliphatic carbocycles. The van der Waals surface area contributed by atoms with Crippen molar-refractivity contribution in [3.05, 3.63) is 42.0 Å². The lowest BCUT2D eigenvalue weighted by atomic mass is 10.0. The van der Waals surface area contributed by atoms with E-state index in [1.165, 1.54) is 0 Å². The number of hydrogen-bond donors (Lipinski definition) is 2. The number of methoxy groups -OCH3 is 1. The van der Waals surface area contributed by atoms with Crippen LogP contribution in [0, 0.1) is 0 Å². The van der Waals surface area contributed by atoms with Crippen LogP contribution in [0.25, 0.3) is 10.8 Å². The van der Waals surface area contributed by atoms with Crippen LogP contribution in [0.1, 0.15) is 25.5 Å². The van der Waals surface area contributed by atoms with Crippen LogP contribution in [-0.4, -0.2) is 24.9 Å². The Kier molecular flexibility index (Phi) is 4.40. The first-order valence-corrected chi connectivity index (χ1v) is 6.60. The molecule has 0 amide bonds. The first kappa shape index (κ1) is 13.8. The molecule has 2 atom stereocenters. The van der Waals surface area contributed by atoms with Gasteiger partial charge in [-0.15, -0.1) is 0 Å². The van der Waals surface area contributed by atoms with E-state index in [0.29, 0.717) is 5.75 Å². The Hall–Kier alpha value is -1.58. The van der Waals surface area contributed by atoms with E-state index in [1.807, 2.05) is 50.2 Å². The molecule has 2 rings (SSSR count). The SMILES string of the molecule is COC(C)CNC(C)c1ccc2ccccc2c1O. The lowest BCUT2D eigenvalue weighted by molar-refractivity contribution is 0.115. The van der Waals surface area contributed by atoms with Crippen LogP contribution in [0.5, 0.6) is 5.75 Å². The van der Waals surface area contributed by atoms with Gasteiger partial charge in [-0.25, -0.2) is 0 Å². The molecule has 0 radical (unpaired) electrons. The van der Waals surface area contributed by atoms with Gasteiger partial charge in [0.15, 0.2) is 0 Å². The molecule has 0 heterocycles. The first-order chi connectivity index (χ1) is 9.13. The zero-order valence-electron chi connectivity index (χ0n) is 11.7. The molecular weight excluding hydrogens is 238 g/mol. The maximum absolute atomic E-state index is 10.4. The Bertz CT molecular complexity index is 553. The van der Waals surface area contributed by atoms with Gasteiger partial charge in [0.25, 0.3) is 0 Å². The van der Waals surface area contributed by atoms with Crippen LogP contribution in [0.3, 0.4) is 0 Å². The molecule has 0 aliphatic rings. The van der Waals surface area contributed by atoms with Gasteiger partial charge in [0.1, 0.15) is 5.75 Å². The third kappa shape index (κ3) is 3.06. The summed E-state index contributed by atoms with van der Waals surface area (Å²) in [6.07, 6.45) is 0.157. The first-order valence-electron chi connectivity index (χ1n) is 6.60. The van der Waals surface area contributed by atoms with Gasteiger partial charge in [0, 0.05) is 30.6 Å². The van der Waals surface area contributed by atoms with Crippen molar-refractivity contribution in [3.63, 3.8) is 0 Å². The van der Waals surface area contributed by atoms with Crippen molar-refractivity contribution in [2.75, 3.05) is 13.7 Å². The van der Waals surface area contributed by atoms with Crippen molar-refractivity contribution >= 4 is 10.8 Å². The number of fused-ring (bicyclic) bond motifs is 1. The minimum atomic E-state index is 0.0854. The second-order valence-electron chi connectivity index (χ2n) is 4.90. The monoisotopic (exact) mass is 259 g/mol. The Morgan fingerprint density at radius 2 is 1.89 bits per heavy atom. The summed E-state index contributed by atoms with van der Waals surface area (Å²) in [5.74, 6) is 0.364. The van der Waals surface area contributed by atoms with Crippen LogP contribution in [0.2, 0.25) is 0 Å². The van der Waals surface area contributed by atoms with E-state index in [9.17, 15) is 5.11 Å². The molecule has 2 aromatic rings. The van der Waals surface area contributed by atoms with E-state index in [2.05, 4.69) is 5.32 Å². The maximum atomic E-state index is 10.4. The predicted octanol–water partition coefficient (Wildman–Crippen LogP) is 3.23. The number of nitrogens with one attached hydrogen (secondary N) is 1. The fourth-order valence-corrected chi connectivity index (χ4v) is 2.16. The fourth-order valence-electron chi connectivity index (χ4n) is 2.16. The highest BCUT2D eigenvalue weighted by atomic mass is 16.5. The van der Waals surface area contributed by atoms with Crippen molar-refractivity contribution in [3.8, 4) is 5.75 Å². The van der Waals surface area contributed by atoms with Gasteiger partial charge in [-0.1, -0.05) is 36.4 Å². The minimum absolute atomic E-state index is 0.0854. The Morgan fingerprint density at radius 3 is 2.63 bits per heavy atom. The van der Waals surface area contributed by atoms with Crippen LogP contribution >= 0.6 is 0 Å². The number of rotatable bonds is 5. The van der Waals surface area contributed by atoms with Gasteiger partial charge in [-0.05, 0) is 19.2 Å². The molecule has 0 fully saturated rings. The molecule has 3 heteroatoms. The average molecular weight is 259 g/mol. The lowest BCUT2D eigenvalue weighted by Gasteiger charge is -2.19. The quantitative estimate of drug-likeness (QED) is 0.866. The van der Waals surface area contributed by atoms with E-state index in [1.54, 1.807) is 7.11 Å². The van der Waals surface area contributed by atoms with Crippen molar-refractivity contribution in [1.29, 1.82) is 0 Å². The molecule has 19 heavy (non-hydrogen) atoms. The largest absolute Gasteiger partial charge is 0.507 e. The standard InChI is InChI=1S/C16H21NO2/c1-11(19-3)10-17-12(2)14-9-8-13-6-4-5-7-15(13)16(14)18/h4-9,11-12,17-18H,10H2,1-3H3. The second kappa shape index (κ2) is 6.04. The minimum Gasteiger partial charge on any atom is -0.507 e. The van der Waals surface area contributed by atoms with E-state index < -0.39 is 0 Å². The summed E-state index contributed by atoms with van der Waals surface area (Å²) < 4.78 is 5.21. The molecule has 0 aromatic heterocycles. The van der Waals surface area contributed by atoms with Crippen LogP contribution < -0.4 is 5.32 Å². The van der Waals surface area contributed by atoms with E-state index >= 15 is 0 Å². The molecule has 0 bridgehead atoms. The maximum Gasteiger partial charge on any atom is 0.128 e. The number of phenolic OH excluding ortho intramolecular Hbond substituents is 1. The molecule has 0 saturated heterocycles. The molecular formula is C16H21NO2.